The molecular weight excluding hydrogens is 242 g/mol. The molecule has 0 aliphatic carbocycles. The van der Waals surface area contributed by atoms with Crippen LogP contribution in [0.25, 0.3) is 0 Å². The molecule has 0 radical (unpaired) electrons. The summed E-state index contributed by atoms with van der Waals surface area (Å²) < 4.78 is 3.74. The lowest BCUT2D eigenvalue weighted by molar-refractivity contribution is 1.24. The number of hydrogen-bond donors (Lipinski definition) is 1. The van der Waals surface area contributed by atoms with E-state index in [-0.39, 0.29) is 0 Å². The molecular formula is C11H11ClN3S+. The Bertz CT molecular complexity index is 459. The minimum Gasteiger partial charge on any atom is -0.267 e. The molecule has 0 saturated carbocycles. The highest BCUT2D eigenvalue weighted by Crippen LogP contribution is 2.13. The Hall–Kier alpha value is -1.40. The van der Waals surface area contributed by atoms with Crippen LogP contribution in [0.1, 0.15) is 11.1 Å². The van der Waals surface area contributed by atoms with Crippen molar-refractivity contribution in [2.75, 3.05) is 0 Å². The largest absolute Gasteiger partial charge is 0.403 e. The van der Waals surface area contributed by atoms with E-state index < -0.39 is 0 Å². The molecule has 3 nitrogen and oxygen atoms in total. The molecule has 0 unspecified atom stereocenters. The molecule has 1 rings (SSSR count). The van der Waals surface area contributed by atoms with Gasteiger partial charge < -0.3 is 0 Å². The standard InChI is InChI=1S/C11H10ClN3S/c12-8-15-11(14)16-7-10-3-1-2-9(6-10)4-5-13/h1-3,6,8,14H,4,7H2/p+1. The molecule has 2 N–H and O–H groups in total. The first kappa shape index (κ1) is 12.7. The van der Waals surface area contributed by atoms with Crippen molar-refractivity contribution in [3.8, 4) is 6.07 Å². The Morgan fingerprint density at radius 3 is 3.00 bits per heavy atom. The highest BCUT2D eigenvalue weighted by molar-refractivity contribution is 8.13. The topological polar surface area (TPSA) is 63.9 Å². The summed E-state index contributed by atoms with van der Waals surface area (Å²) in [5.41, 5.74) is 8.85. The molecule has 82 valence electrons. The summed E-state index contributed by atoms with van der Waals surface area (Å²) in [6.45, 7) is 0. The lowest BCUT2D eigenvalue weighted by Gasteiger charge is -1.99. The summed E-state index contributed by atoms with van der Waals surface area (Å²) in [6, 6.07) is 9.97. The third kappa shape index (κ3) is 4.41. The van der Waals surface area contributed by atoms with Crippen LogP contribution >= 0.6 is 23.4 Å². The molecule has 0 aromatic heterocycles. The first-order chi connectivity index (χ1) is 7.76. The number of rotatable bonds is 3. The van der Waals surface area contributed by atoms with Crippen molar-refractivity contribution in [1.82, 2.24) is 4.67 Å². The van der Waals surface area contributed by atoms with Gasteiger partial charge in [0.25, 0.3) is 5.67 Å². The smallest absolute Gasteiger partial charge is 0.267 e. The lowest BCUT2D eigenvalue weighted by Crippen LogP contribution is -2.10. The fourth-order valence-electron chi connectivity index (χ4n) is 1.16. The summed E-state index contributed by atoms with van der Waals surface area (Å²) in [5.74, 6) is 0.722. The molecule has 0 heterocycles. The molecule has 5 heteroatoms. The van der Waals surface area contributed by atoms with E-state index in [9.17, 15) is 0 Å². The highest BCUT2D eigenvalue weighted by Gasteiger charge is 2.03. The molecule has 0 atom stereocenters. The Kier molecular flexibility index (Phi) is 5.52. The fourth-order valence-corrected chi connectivity index (χ4v) is 1.95. The normalized spacial score (nSPS) is 9.00. The Balaban J connectivity index is 2.64. The van der Waals surface area contributed by atoms with Crippen LogP contribution in [-0.4, -0.2) is 10.8 Å². The van der Waals surface area contributed by atoms with Crippen LogP contribution in [0.2, 0.25) is 0 Å². The predicted molar refractivity (Wildman–Crippen MR) is 70.3 cm³/mol. The van der Waals surface area contributed by atoms with Crippen LogP contribution in [-0.2, 0) is 12.2 Å². The number of thioether (sulfide) groups is 1. The number of nitriles is 1. The molecule has 0 amide bonds. The third-order valence-electron chi connectivity index (χ3n) is 1.84. The van der Waals surface area contributed by atoms with Gasteiger partial charge >= 0.3 is 5.17 Å². The van der Waals surface area contributed by atoms with Gasteiger partial charge in [0.2, 0.25) is 0 Å². The van der Waals surface area contributed by atoms with Crippen LogP contribution in [0.15, 0.2) is 24.3 Å². The van der Waals surface area contributed by atoms with Crippen molar-refractivity contribution in [3.05, 3.63) is 35.4 Å². The average molecular weight is 253 g/mol. The van der Waals surface area contributed by atoms with E-state index in [0.717, 1.165) is 22.6 Å². The van der Waals surface area contributed by atoms with Gasteiger partial charge in [0, 0.05) is 5.75 Å². The number of nitrogens with zero attached hydrogens (tertiary/aromatic N) is 2. The predicted octanol–water partition coefficient (Wildman–Crippen LogP) is 1.63. The van der Waals surface area contributed by atoms with Crippen molar-refractivity contribution in [2.24, 2.45) is 5.73 Å². The van der Waals surface area contributed by atoms with Gasteiger partial charge in [-0.1, -0.05) is 24.3 Å². The lowest BCUT2D eigenvalue weighted by atomic mass is 10.1. The van der Waals surface area contributed by atoms with E-state index in [1.54, 1.807) is 0 Å². The van der Waals surface area contributed by atoms with Gasteiger partial charge in [0.1, 0.15) is 0 Å². The second kappa shape index (κ2) is 6.97. The van der Waals surface area contributed by atoms with E-state index in [0.29, 0.717) is 11.6 Å². The van der Waals surface area contributed by atoms with Gasteiger partial charge in [0.05, 0.1) is 12.5 Å². The van der Waals surface area contributed by atoms with Gasteiger partial charge in [-0.2, -0.15) is 9.93 Å². The first-order valence-electron chi connectivity index (χ1n) is 4.59. The zero-order valence-corrected chi connectivity index (χ0v) is 10.1. The van der Waals surface area contributed by atoms with Crippen LogP contribution < -0.4 is 10.4 Å². The monoisotopic (exact) mass is 252 g/mol. The average Bonchev–Trinajstić information content (AvgIpc) is 2.28. The first-order valence-corrected chi connectivity index (χ1v) is 6.01. The van der Waals surface area contributed by atoms with E-state index in [4.69, 9.17) is 22.6 Å². The fraction of sp³-hybridized carbons (Fsp3) is 0.182. The molecule has 0 fully saturated rings. The second-order valence-electron chi connectivity index (χ2n) is 3.01. The number of nitrogens with two attached hydrogens (primary N) is 1. The third-order valence-corrected chi connectivity index (χ3v) is 2.81. The van der Waals surface area contributed by atoms with E-state index in [1.807, 2.05) is 24.3 Å². The summed E-state index contributed by atoms with van der Waals surface area (Å²) in [5, 5.41) is 9.02. The van der Waals surface area contributed by atoms with Crippen molar-refractivity contribution in [3.63, 3.8) is 0 Å². The molecule has 1 aromatic rings. The van der Waals surface area contributed by atoms with Crippen molar-refractivity contribution in [2.45, 2.75) is 12.2 Å². The summed E-state index contributed by atoms with van der Waals surface area (Å²) in [6.07, 6.45) is 0.428. The maximum atomic E-state index is 8.59. The maximum Gasteiger partial charge on any atom is 0.403 e. The summed E-state index contributed by atoms with van der Waals surface area (Å²) in [7, 11) is 0. The molecule has 0 aliphatic heterocycles. The SMILES string of the molecule is N#CCc1cccc(CSC(N)=[N+]=CCl)c1. The molecule has 16 heavy (non-hydrogen) atoms. The second-order valence-corrected chi connectivity index (χ2v) is 4.20. The minimum absolute atomic E-state index is 0.428. The summed E-state index contributed by atoms with van der Waals surface area (Å²) in [4.78, 5) is 0. The Morgan fingerprint density at radius 2 is 2.31 bits per heavy atom. The summed E-state index contributed by atoms with van der Waals surface area (Å²) >= 11 is 6.71. The molecule has 1 aromatic carbocycles. The Morgan fingerprint density at radius 1 is 1.56 bits per heavy atom. The zero-order valence-electron chi connectivity index (χ0n) is 8.56. The van der Waals surface area contributed by atoms with Gasteiger partial charge in [0.15, 0.2) is 0 Å². The van der Waals surface area contributed by atoms with Gasteiger partial charge in [-0.05, 0) is 34.5 Å². The highest BCUT2D eigenvalue weighted by atomic mass is 35.5. The quantitative estimate of drug-likeness (QED) is 0.505. The van der Waals surface area contributed by atoms with Crippen LogP contribution in [0.4, 0.5) is 0 Å². The maximum absolute atomic E-state index is 8.59. The van der Waals surface area contributed by atoms with Gasteiger partial charge in [-0.25, -0.2) is 0 Å². The van der Waals surface area contributed by atoms with Gasteiger partial charge in [-0.3, -0.25) is 5.73 Å². The molecule has 0 aliphatic rings. The molecule has 0 saturated heterocycles. The molecule has 0 spiro atoms. The van der Waals surface area contributed by atoms with Crippen LogP contribution in [0.3, 0.4) is 0 Å². The zero-order chi connectivity index (χ0) is 11.8. The Labute approximate surface area is 104 Å². The van der Waals surface area contributed by atoms with Crippen LogP contribution in [0, 0.1) is 11.3 Å². The number of amidine groups is 1. The number of hydrogen-bond acceptors (Lipinski definition) is 2. The minimum atomic E-state index is 0.428. The van der Waals surface area contributed by atoms with E-state index in [1.165, 1.54) is 11.8 Å². The van der Waals surface area contributed by atoms with Crippen LogP contribution in [0.5, 0.6) is 0 Å². The molecule has 0 bridgehead atoms. The van der Waals surface area contributed by atoms with Crippen molar-refractivity contribution in [1.29, 1.82) is 5.26 Å². The number of halogens is 1. The number of benzene rings is 1. The van der Waals surface area contributed by atoms with Gasteiger partial charge in [-0.15, -0.1) is 0 Å². The van der Waals surface area contributed by atoms with Crippen molar-refractivity contribution < 1.29 is 0 Å². The van der Waals surface area contributed by atoms with E-state index in [2.05, 4.69) is 10.7 Å². The van der Waals surface area contributed by atoms with Crippen molar-refractivity contribution >= 4 is 34.2 Å². The van der Waals surface area contributed by atoms with E-state index >= 15 is 0 Å².